The number of carbonyl (C=O) groups excluding carboxylic acids is 1. The molecule has 1 amide bonds. The van der Waals surface area contributed by atoms with Crippen LogP contribution in [0.1, 0.15) is 21.6 Å². The summed E-state index contributed by atoms with van der Waals surface area (Å²) in [6.07, 6.45) is 0.909. The van der Waals surface area contributed by atoms with Gasteiger partial charge in [-0.25, -0.2) is 0 Å². The number of hydrogen-bond acceptors (Lipinski definition) is 3. The highest BCUT2D eigenvalue weighted by Crippen LogP contribution is 2.23. The summed E-state index contributed by atoms with van der Waals surface area (Å²) in [6, 6.07) is 13.6. The second-order valence-corrected chi connectivity index (χ2v) is 5.44. The third-order valence-electron chi connectivity index (χ3n) is 4.07. The number of carbonyl (C=O) groups is 1. The average Bonchev–Trinajstić information content (AvgIpc) is 2.97. The highest BCUT2D eigenvalue weighted by Gasteiger charge is 2.19. The first kappa shape index (κ1) is 13.0. The molecule has 0 bridgehead atoms. The third-order valence-corrected chi connectivity index (χ3v) is 4.07. The molecule has 0 spiro atoms. The molecule has 4 rings (SSSR count). The lowest BCUT2D eigenvalue weighted by molar-refractivity contribution is 0.102. The Morgan fingerprint density at radius 3 is 2.95 bits per heavy atom. The summed E-state index contributed by atoms with van der Waals surface area (Å²) >= 11 is 0. The number of anilines is 1. The SMILES string of the molecule is O=C(Nc1n[nH]c2c1CNCC2)c1cccc2ccccc12. The highest BCUT2D eigenvalue weighted by molar-refractivity contribution is 6.12. The van der Waals surface area contributed by atoms with Gasteiger partial charge in [0.15, 0.2) is 5.82 Å². The normalized spacial score (nSPS) is 13.8. The molecule has 2 aromatic carbocycles. The molecule has 0 saturated heterocycles. The summed E-state index contributed by atoms with van der Waals surface area (Å²) in [5.74, 6) is 0.497. The van der Waals surface area contributed by atoms with Crippen molar-refractivity contribution in [2.24, 2.45) is 0 Å². The van der Waals surface area contributed by atoms with Crippen LogP contribution in [0.15, 0.2) is 42.5 Å². The Balaban J connectivity index is 1.68. The van der Waals surface area contributed by atoms with Crippen LogP contribution in [0.4, 0.5) is 5.82 Å². The van der Waals surface area contributed by atoms with Crippen LogP contribution in [0.3, 0.4) is 0 Å². The van der Waals surface area contributed by atoms with Crippen LogP contribution in [0.2, 0.25) is 0 Å². The number of nitrogens with one attached hydrogen (secondary N) is 3. The minimum atomic E-state index is -0.128. The van der Waals surface area contributed by atoms with Gasteiger partial charge in [0.05, 0.1) is 0 Å². The zero-order valence-electron chi connectivity index (χ0n) is 12.0. The number of nitrogens with zero attached hydrogens (tertiary/aromatic N) is 1. The van der Waals surface area contributed by atoms with Crippen molar-refractivity contribution < 1.29 is 4.79 Å². The molecule has 2 heterocycles. The van der Waals surface area contributed by atoms with Crippen molar-refractivity contribution in [2.45, 2.75) is 13.0 Å². The van der Waals surface area contributed by atoms with E-state index in [1.807, 2.05) is 42.5 Å². The van der Waals surface area contributed by atoms with Crippen LogP contribution in [0, 0.1) is 0 Å². The molecule has 0 aliphatic carbocycles. The predicted octanol–water partition coefficient (Wildman–Crippen LogP) is 2.46. The fourth-order valence-electron chi connectivity index (χ4n) is 2.93. The summed E-state index contributed by atoms with van der Waals surface area (Å²) in [6.45, 7) is 1.67. The van der Waals surface area contributed by atoms with Crippen molar-refractivity contribution in [3.8, 4) is 0 Å². The average molecular weight is 292 g/mol. The molecule has 5 heteroatoms. The molecular formula is C17H16N4O. The van der Waals surface area contributed by atoms with E-state index in [9.17, 15) is 4.79 Å². The second kappa shape index (κ2) is 5.27. The highest BCUT2D eigenvalue weighted by atomic mass is 16.1. The van der Waals surface area contributed by atoms with Crippen molar-refractivity contribution in [3.63, 3.8) is 0 Å². The number of H-pyrrole nitrogens is 1. The van der Waals surface area contributed by atoms with Gasteiger partial charge in [-0.2, -0.15) is 5.10 Å². The number of hydrogen-bond donors (Lipinski definition) is 3. The summed E-state index contributed by atoms with van der Waals surface area (Å²) < 4.78 is 0. The van der Waals surface area contributed by atoms with E-state index in [1.54, 1.807) is 0 Å². The molecule has 0 unspecified atom stereocenters. The quantitative estimate of drug-likeness (QED) is 0.679. The molecule has 1 aromatic heterocycles. The van der Waals surface area contributed by atoms with Gasteiger partial charge in [-0.1, -0.05) is 36.4 Å². The maximum Gasteiger partial charge on any atom is 0.257 e. The van der Waals surface area contributed by atoms with E-state index in [0.29, 0.717) is 11.4 Å². The Bertz CT molecular complexity index is 847. The van der Waals surface area contributed by atoms with E-state index in [4.69, 9.17) is 0 Å². The fourth-order valence-corrected chi connectivity index (χ4v) is 2.93. The minimum Gasteiger partial charge on any atom is -0.312 e. The third kappa shape index (κ3) is 2.16. The Hall–Kier alpha value is -2.66. The van der Waals surface area contributed by atoms with Gasteiger partial charge in [-0.05, 0) is 16.8 Å². The van der Waals surface area contributed by atoms with Gasteiger partial charge < -0.3 is 10.6 Å². The van der Waals surface area contributed by atoms with Crippen LogP contribution in [-0.4, -0.2) is 22.6 Å². The van der Waals surface area contributed by atoms with Gasteiger partial charge in [0.1, 0.15) is 0 Å². The van der Waals surface area contributed by atoms with Crippen molar-refractivity contribution in [1.29, 1.82) is 0 Å². The van der Waals surface area contributed by atoms with Gasteiger partial charge in [-0.15, -0.1) is 0 Å². The molecule has 0 atom stereocenters. The maximum atomic E-state index is 12.6. The minimum absolute atomic E-state index is 0.128. The molecule has 1 aliphatic rings. The van der Waals surface area contributed by atoms with Crippen molar-refractivity contribution in [1.82, 2.24) is 15.5 Å². The number of aromatic amines is 1. The zero-order valence-corrected chi connectivity index (χ0v) is 12.0. The summed E-state index contributed by atoms with van der Waals surface area (Å²) in [7, 11) is 0. The molecule has 110 valence electrons. The van der Waals surface area contributed by atoms with Crippen molar-refractivity contribution in [2.75, 3.05) is 11.9 Å². The van der Waals surface area contributed by atoms with E-state index in [0.717, 1.165) is 41.5 Å². The standard InChI is InChI=1S/C17H16N4O/c22-17(13-7-3-5-11-4-1-2-6-12(11)13)19-16-14-10-18-9-8-15(14)20-21-16/h1-7,18H,8-10H2,(H2,19,20,21,22). The lowest BCUT2D eigenvalue weighted by Gasteiger charge is -2.13. The van der Waals surface area contributed by atoms with Gasteiger partial charge >= 0.3 is 0 Å². The predicted molar refractivity (Wildman–Crippen MR) is 85.9 cm³/mol. The summed E-state index contributed by atoms with van der Waals surface area (Å²) in [4.78, 5) is 12.6. The largest absolute Gasteiger partial charge is 0.312 e. The van der Waals surface area contributed by atoms with E-state index in [-0.39, 0.29) is 5.91 Å². The molecule has 1 aliphatic heterocycles. The smallest absolute Gasteiger partial charge is 0.257 e. The second-order valence-electron chi connectivity index (χ2n) is 5.44. The summed E-state index contributed by atoms with van der Waals surface area (Å²) in [5, 5.41) is 15.5. The van der Waals surface area contributed by atoms with Gasteiger partial charge in [0.2, 0.25) is 0 Å². The molecule has 3 N–H and O–H groups in total. The Kier molecular flexibility index (Phi) is 3.12. The van der Waals surface area contributed by atoms with Crippen LogP contribution in [0.5, 0.6) is 0 Å². The number of rotatable bonds is 2. The van der Waals surface area contributed by atoms with Gasteiger partial charge in [0, 0.05) is 36.3 Å². The van der Waals surface area contributed by atoms with Crippen molar-refractivity contribution in [3.05, 3.63) is 59.3 Å². The Labute approximate surface area is 127 Å². The topological polar surface area (TPSA) is 69.8 Å². The van der Waals surface area contributed by atoms with Gasteiger partial charge in [0.25, 0.3) is 5.91 Å². The van der Waals surface area contributed by atoms with Crippen LogP contribution < -0.4 is 10.6 Å². The number of benzene rings is 2. The molecule has 0 saturated carbocycles. The number of amides is 1. The summed E-state index contributed by atoms with van der Waals surface area (Å²) in [5.41, 5.74) is 2.82. The van der Waals surface area contributed by atoms with E-state index in [2.05, 4.69) is 20.8 Å². The van der Waals surface area contributed by atoms with Crippen LogP contribution in [-0.2, 0) is 13.0 Å². The molecule has 22 heavy (non-hydrogen) atoms. The number of aromatic nitrogens is 2. The lowest BCUT2D eigenvalue weighted by atomic mass is 10.0. The molecule has 5 nitrogen and oxygen atoms in total. The molecule has 0 fully saturated rings. The number of fused-ring (bicyclic) bond motifs is 2. The van der Waals surface area contributed by atoms with Crippen LogP contribution in [0.25, 0.3) is 10.8 Å². The molecular weight excluding hydrogens is 276 g/mol. The van der Waals surface area contributed by atoms with Crippen molar-refractivity contribution >= 4 is 22.5 Å². The van der Waals surface area contributed by atoms with Gasteiger partial charge in [-0.3, -0.25) is 9.89 Å². The first-order valence-electron chi connectivity index (χ1n) is 7.39. The maximum absolute atomic E-state index is 12.6. The Morgan fingerprint density at radius 2 is 2.00 bits per heavy atom. The van der Waals surface area contributed by atoms with E-state index >= 15 is 0 Å². The first-order valence-corrected chi connectivity index (χ1v) is 7.39. The molecule has 3 aromatic rings. The van der Waals surface area contributed by atoms with Crippen LogP contribution >= 0.6 is 0 Å². The first-order chi connectivity index (χ1) is 10.8. The van der Waals surface area contributed by atoms with E-state index in [1.165, 1.54) is 0 Å². The molecule has 0 radical (unpaired) electrons. The van der Waals surface area contributed by atoms with E-state index < -0.39 is 0 Å². The Morgan fingerprint density at radius 1 is 1.14 bits per heavy atom. The lowest BCUT2D eigenvalue weighted by Crippen LogP contribution is -2.24. The zero-order chi connectivity index (χ0) is 14.9. The fraction of sp³-hybridized carbons (Fsp3) is 0.176. The monoisotopic (exact) mass is 292 g/mol.